The van der Waals surface area contributed by atoms with Gasteiger partial charge in [-0.2, -0.15) is 0 Å². The Morgan fingerprint density at radius 3 is 2.29 bits per heavy atom. The molecule has 0 aliphatic heterocycles. The molecule has 2 heterocycles. The molecule has 0 amide bonds. The molecule has 5 aromatic rings. The van der Waals surface area contributed by atoms with E-state index in [2.05, 4.69) is 15.2 Å². The van der Waals surface area contributed by atoms with E-state index < -0.39 is 17.6 Å². The summed E-state index contributed by atoms with van der Waals surface area (Å²) in [5.41, 5.74) is 1.67. The van der Waals surface area contributed by atoms with Crippen molar-refractivity contribution in [3.63, 3.8) is 0 Å². The summed E-state index contributed by atoms with van der Waals surface area (Å²) in [5, 5.41) is 10.5. The maximum Gasteiger partial charge on any atom is 0.378 e. The van der Waals surface area contributed by atoms with Crippen LogP contribution in [0.1, 0.15) is 21.0 Å². The quantitative estimate of drug-likeness (QED) is 0.219. The van der Waals surface area contributed by atoms with Gasteiger partial charge in [-0.25, -0.2) is 19.4 Å². The van der Waals surface area contributed by atoms with Gasteiger partial charge < -0.3 is 13.9 Å². The van der Waals surface area contributed by atoms with Gasteiger partial charge >= 0.3 is 17.6 Å². The SMILES string of the molecule is COC(=O)c1ccc(-c2nc(C(=O)OC)nnc2-c2cc(=O)oc3c2ccc2ccccc23)cc1. The number of esters is 2. The minimum atomic E-state index is -0.764. The van der Waals surface area contributed by atoms with Crippen molar-refractivity contribution in [2.75, 3.05) is 14.2 Å². The highest BCUT2D eigenvalue weighted by Crippen LogP contribution is 2.35. The Hall–Kier alpha value is -4.92. The minimum absolute atomic E-state index is 0.249. The molecule has 0 spiro atoms. The predicted molar refractivity (Wildman–Crippen MR) is 127 cm³/mol. The zero-order chi connectivity index (χ0) is 24.5. The molecule has 172 valence electrons. The highest BCUT2D eigenvalue weighted by atomic mass is 16.5. The van der Waals surface area contributed by atoms with E-state index in [-0.39, 0.29) is 17.2 Å². The van der Waals surface area contributed by atoms with Gasteiger partial charge in [-0.3, -0.25) is 0 Å². The van der Waals surface area contributed by atoms with Crippen molar-refractivity contribution < 1.29 is 23.5 Å². The Bertz CT molecular complexity index is 1680. The number of benzene rings is 3. The molecule has 0 aliphatic carbocycles. The van der Waals surface area contributed by atoms with Crippen LogP contribution in [0.25, 0.3) is 44.3 Å². The highest BCUT2D eigenvalue weighted by molar-refractivity contribution is 6.09. The van der Waals surface area contributed by atoms with Gasteiger partial charge in [-0.1, -0.05) is 42.5 Å². The smallest absolute Gasteiger partial charge is 0.378 e. The summed E-state index contributed by atoms with van der Waals surface area (Å²) in [4.78, 5) is 41.0. The third kappa shape index (κ3) is 3.89. The summed E-state index contributed by atoms with van der Waals surface area (Å²) in [6.07, 6.45) is 0. The molecule has 0 radical (unpaired) electrons. The van der Waals surface area contributed by atoms with E-state index in [1.54, 1.807) is 24.3 Å². The van der Waals surface area contributed by atoms with Crippen LogP contribution >= 0.6 is 0 Å². The summed E-state index contributed by atoms with van der Waals surface area (Å²) in [6, 6.07) is 19.0. The molecular weight excluding hydrogens is 450 g/mol. The van der Waals surface area contributed by atoms with Crippen LogP contribution in [-0.4, -0.2) is 41.3 Å². The first-order chi connectivity index (χ1) is 17.0. The van der Waals surface area contributed by atoms with Gasteiger partial charge in [-0.05, 0) is 23.6 Å². The molecule has 0 N–H and O–H groups in total. The van der Waals surface area contributed by atoms with Crippen molar-refractivity contribution in [3.05, 3.63) is 88.5 Å². The number of methoxy groups -OCH3 is 2. The van der Waals surface area contributed by atoms with Crippen LogP contribution in [0.5, 0.6) is 0 Å². The van der Waals surface area contributed by atoms with Gasteiger partial charge in [0.2, 0.25) is 0 Å². The number of nitrogens with zero attached hydrogens (tertiary/aromatic N) is 3. The van der Waals surface area contributed by atoms with Crippen molar-refractivity contribution in [3.8, 4) is 22.5 Å². The van der Waals surface area contributed by atoms with Gasteiger partial charge in [0.1, 0.15) is 17.0 Å². The third-order valence-corrected chi connectivity index (χ3v) is 5.52. The van der Waals surface area contributed by atoms with E-state index in [9.17, 15) is 14.4 Å². The van der Waals surface area contributed by atoms with Crippen LogP contribution in [0.15, 0.2) is 75.9 Å². The van der Waals surface area contributed by atoms with Crippen LogP contribution < -0.4 is 5.63 Å². The molecule has 0 aliphatic rings. The number of fused-ring (bicyclic) bond motifs is 3. The average Bonchev–Trinajstić information content (AvgIpc) is 2.91. The fourth-order valence-corrected chi connectivity index (χ4v) is 3.86. The summed E-state index contributed by atoms with van der Waals surface area (Å²) < 4.78 is 15.1. The second kappa shape index (κ2) is 8.79. The molecule has 3 aromatic carbocycles. The zero-order valence-electron chi connectivity index (χ0n) is 18.6. The Labute approximate surface area is 198 Å². The van der Waals surface area contributed by atoms with Gasteiger partial charge in [0.25, 0.3) is 5.82 Å². The van der Waals surface area contributed by atoms with Crippen LogP contribution in [0.3, 0.4) is 0 Å². The van der Waals surface area contributed by atoms with Gasteiger partial charge in [0, 0.05) is 28.0 Å². The van der Waals surface area contributed by atoms with E-state index in [0.29, 0.717) is 27.7 Å². The summed E-state index contributed by atoms with van der Waals surface area (Å²) in [7, 11) is 2.51. The van der Waals surface area contributed by atoms with Gasteiger partial charge in [-0.15, -0.1) is 10.2 Å². The van der Waals surface area contributed by atoms with E-state index in [1.807, 2.05) is 36.4 Å². The molecule has 0 saturated heterocycles. The molecule has 9 heteroatoms. The lowest BCUT2D eigenvalue weighted by Crippen LogP contribution is -2.11. The number of hydrogen-bond donors (Lipinski definition) is 0. The molecular formula is C26H17N3O6. The van der Waals surface area contributed by atoms with Gasteiger partial charge in [0.15, 0.2) is 0 Å². The van der Waals surface area contributed by atoms with Crippen LogP contribution in [0.2, 0.25) is 0 Å². The highest BCUT2D eigenvalue weighted by Gasteiger charge is 2.21. The molecule has 0 fully saturated rings. The maximum atomic E-state index is 12.6. The summed E-state index contributed by atoms with van der Waals surface area (Å²) >= 11 is 0. The topological polar surface area (TPSA) is 121 Å². The van der Waals surface area contributed by atoms with E-state index >= 15 is 0 Å². The number of carbonyl (C=O) groups excluding carboxylic acids is 2. The summed E-state index contributed by atoms with van der Waals surface area (Å²) in [6.45, 7) is 0. The van der Waals surface area contributed by atoms with Gasteiger partial charge in [0.05, 0.1) is 19.8 Å². The first-order valence-corrected chi connectivity index (χ1v) is 10.5. The van der Waals surface area contributed by atoms with Crippen LogP contribution in [0.4, 0.5) is 0 Å². The number of aromatic nitrogens is 3. The fraction of sp³-hybridized carbons (Fsp3) is 0.0769. The van der Waals surface area contributed by atoms with Crippen molar-refractivity contribution >= 4 is 33.7 Å². The normalized spacial score (nSPS) is 10.9. The molecule has 0 unspecified atom stereocenters. The number of carbonyl (C=O) groups is 2. The summed E-state index contributed by atoms with van der Waals surface area (Å²) in [5.74, 6) is -1.51. The average molecular weight is 467 g/mol. The Kier molecular flexibility index (Phi) is 5.50. The largest absolute Gasteiger partial charge is 0.465 e. The van der Waals surface area contributed by atoms with E-state index in [4.69, 9.17) is 13.9 Å². The minimum Gasteiger partial charge on any atom is -0.465 e. The fourth-order valence-electron chi connectivity index (χ4n) is 3.86. The maximum absolute atomic E-state index is 12.6. The van der Waals surface area contributed by atoms with Crippen molar-refractivity contribution in [2.24, 2.45) is 0 Å². The second-order valence-electron chi connectivity index (χ2n) is 7.54. The molecule has 0 atom stereocenters. The number of hydrogen-bond acceptors (Lipinski definition) is 9. The zero-order valence-corrected chi connectivity index (χ0v) is 18.6. The van der Waals surface area contributed by atoms with E-state index in [1.165, 1.54) is 20.3 Å². The van der Waals surface area contributed by atoms with Crippen molar-refractivity contribution in [1.82, 2.24) is 15.2 Å². The van der Waals surface area contributed by atoms with Crippen molar-refractivity contribution in [1.29, 1.82) is 0 Å². The third-order valence-electron chi connectivity index (χ3n) is 5.52. The first-order valence-electron chi connectivity index (χ1n) is 10.5. The van der Waals surface area contributed by atoms with Crippen LogP contribution in [-0.2, 0) is 9.47 Å². The Morgan fingerprint density at radius 2 is 1.54 bits per heavy atom. The Morgan fingerprint density at radius 1 is 0.800 bits per heavy atom. The molecule has 2 aromatic heterocycles. The van der Waals surface area contributed by atoms with E-state index in [0.717, 1.165) is 10.8 Å². The number of ether oxygens (including phenoxy) is 2. The molecule has 0 bridgehead atoms. The standard InChI is InChI=1S/C26H17N3O6/c1-33-25(31)16-9-7-15(8-10-16)21-22(28-29-24(27-21)26(32)34-2)19-13-20(30)35-23-17-6-4-3-5-14(17)11-12-18(19)23/h3-13H,1-2H3. The predicted octanol–water partition coefficient (Wildman–Crippen LogP) is 4.04. The molecule has 0 saturated carbocycles. The molecule has 5 rings (SSSR count). The monoisotopic (exact) mass is 467 g/mol. The lowest BCUT2D eigenvalue weighted by atomic mass is 9.99. The van der Waals surface area contributed by atoms with Crippen molar-refractivity contribution in [2.45, 2.75) is 0 Å². The lowest BCUT2D eigenvalue weighted by Gasteiger charge is -2.12. The molecule has 35 heavy (non-hydrogen) atoms. The Balaban J connectivity index is 1.79. The number of rotatable bonds is 4. The second-order valence-corrected chi connectivity index (χ2v) is 7.54. The first kappa shape index (κ1) is 21.9. The molecule has 9 nitrogen and oxygen atoms in total. The van der Waals surface area contributed by atoms with Crippen LogP contribution in [0, 0.1) is 0 Å². The lowest BCUT2D eigenvalue weighted by molar-refractivity contribution is 0.0581.